The lowest BCUT2D eigenvalue weighted by atomic mass is 9.90. The predicted molar refractivity (Wildman–Crippen MR) is 67.2 cm³/mol. The first-order valence-electron chi connectivity index (χ1n) is 6.19. The van der Waals surface area contributed by atoms with Gasteiger partial charge in [-0.3, -0.25) is 0 Å². The Morgan fingerprint density at radius 2 is 1.55 bits per heavy atom. The topological polar surface area (TPSA) is 131 Å². The summed E-state index contributed by atoms with van der Waals surface area (Å²) in [6, 6.07) is 2.74. The molecule has 7 heteroatoms. The second kappa shape index (κ2) is 5.55. The maximum Gasteiger partial charge on any atom is 0.125 e. The minimum atomic E-state index is -1.56. The molecule has 20 heavy (non-hydrogen) atoms. The Morgan fingerprint density at radius 1 is 1.00 bits per heavy atom. The van der Waals surface area contributed by atoms with Crippen LogP contribution in [-0.4, -0.2) is 61.7 Å². The van der Waals surface area contributed by atoms with Crippen molar-refractivity contribution in [3.8, 4) is 11.5 Å². The molecule has 0 aliphatic carbocycles. The molecule has 0 radical (unpaired) electrons. The van der Waals surface area contributed by atoms with Gasteiger partial charge < -0.3 is 35.4 Å². The summed E-state index contributed by atoms with van der Waals surface area (Å²) in [4.78, 5) is 0. The Labute approximate surface area is 115 Å². The van der Waals surface area contributed by atoms with Crippen LogP contribution in [0.4, 0.5) is 0 Å². The highest BCUT2D eigenvalue weighted by Gasteiger charge is 2.45. The molecule has 7 nitrogen and oxygen atoms in total. The summed E-state index contributed by atoms with van der Waals surface area (Å²) < 4.78 is 5.29. The number of benzene rings is 1. The van der Waals surface area contributed by atoms with Crippen LogP contribution >= 0.6 is 0 Å². The van der Waals surface area contributed by atoms with Crippen LogP contribution < -0.4 is 0 Å². The zero-order chi connectivity index (χ0) is 15.0. The van der Waals surface area contributed by atoms with E-state index in [0.29, 0.717) is 5.56 Å². The Morgan fingerprint density at radius 3 is 2.05 bits per heavy atom. The summed E-state index contributed by atoms with van der Waals surface area (Å²) in [6.07, 6.45) is -6.95. The van der Waals surface area contributed by atoms with E-state index in [1.165, 1.54) is 12.1 Å². The maximum atomic E-state index is 9.95. The fraction of sp³-hybridized carbons (Fsp3) is 0.538. The molecule has 112 valence electrons. The van der Waals surface area contributed by atoms with Crippen molar-refractivity contribution in [3.05, 3.63) is 23.3 Å². The van der Waals surface area contributed by atoms with E-state index in [1.807, 2.05) is 0 Å². The summed E-state index contributed by atoms with van der Waals surface area (Å²) >= 11 is 0. The molecule has 0 saturated carbocycles. The molecule has 1 aromatic rings. The van der Waals surface area contributed by atoms with Gasteiger partial charge in [-0.15, -0.1) is 0 Å². The molecule has 2 rings (SSSR count). The lowest BCUT2D eigenvalue weighted by Crippen LogP contribution is -2.55. The maximum absolute atomic E-state index is 9.95. The van der Waals surface area contributed by atoms with Gasteiger partial charge >= 0.3 is 0 Å². The number of aromatic hydroxyl groups is 2. The minimum Gasteiger partial charge on any atom is -0.507 e. The number of phenols is 2. The molecule has 1 aliphatic heterocycles. The molecule has 1 heterocycles. The van der Waals surface area contributed by atoms with E-state index in [-0.39, 0.29) is 17.1 Å². The Balaban J connectivity index is 2.41. The zero-order valence-electron chi connectivity index (χ0n) is 10.8. The Hall–Kier alpha value is -1.38. The third-order valence-electron chi connectivity index (χ3n) is 3.46. The Kier molecular flexibility index (Phi) is 4.17. The number of aryl methyl sites for hydroxylation is 1. The van der Waals surface area contributed by atoms with Gasteiger partial charge in [0, 0.05) is 0 Å². The zero-order valence-corrected chi connectivity index (χ0v) is 10.8. The van der Waals surface area contributed by atoms with Crippen molar-refractivity contribution in [2.45, 2.75) is 37.4 Å². The van der Waals surface area contributed by atoms with Crippen LogP contribution in [0.15, 0.2) is 12.1 Å². The van der Waals surface area contributed by atoms with E-state index < -0.39 is 37.1 Å². The molecule has 5 atom stereocenters. The number of aliphatic hydroxyl groups is 4. The molecule has 0 bridgehead atoms. The molecule has 0 spiro atoms. The number of rotatable bonds is 2. The van der Waals surface area contributed by atoms with Gasteiger partial charge in [0.2, 0.25) is 0 Å². The smallest absolute Gasteiger partial charge is 0.125 e. The van der Waals surface area contributed by atoms with Crippen molar-refractivity contribution in [1.29, 1.82) is 0 Å². The van der Waals surface area contributed by atoms with Gasteiger partial charge in [0.25, 0.3) is 0 Å². The van der Waals surface area contributed by atoms with Crippen molar-refractivity contribution in [1.82, 2.24) is 0 Å². The van der Waals surface area contributed by atoms with Crippen LogP contribution in [0.1, 0.15) is 17.2 Å². The van der Waals surface area contributed by atoms with E-state index in [1.54, 1.807) is 6.92 Å². The molecule has 0 amide bonds. The van der Waals surface area contributed by atoms with Gasteiger partial charge in [0.15, 0.2) is 0 Å². The van der Waals surface area contributed by atoms with E-state index in [9.17, 15) is 25.5 Å². The quantitative estimate of drug-likeness (QED) is 0.408. The molecule has 5 unspecified atom stereocenters. The largest absolute Gasteiger partial charge is 0.507 e. The van der Waals surface area contributed by atoms with E-state index in [4.69, 9.17) is 9.84 Å². The number of aliphatic hydroxyl groups excluding tert-OH is 4. The highest BCUT2D eigenvalue weighted by Crippen LogP contribution is 2.41. The molecule has 1 aromatic carbocycles. The standard InChI is InChI=1S/C13H18O7/c1-5-2-6(15)9(7(16)3-5)13-12(19)11(18)10(17)8(4-14)20-13/h2-3,8,10-19H,4H2,1H3. The first kappa shape index (κ1) is 15.0. The van der Waals surface area contributed by atoms with Crippen LogP contribution in [0.5, 0.6) is 11.5 Å². The van der Waals surface area contributed by atoms with Gasteiger partial charge in [-0.2, -0.15) is 0 Å². The van der Waals surface area contributed by atoms with Crippen LogP contribution in [0, 0.1) is 6.92 Å². The summed E-state index contributed by atoms with van der Waals surface area (Å²) in [5.74, 6) is -0.598. The molecule has 1 aliphatic rings. The van der Waals surface area contributed by atoms with Crippen LogP contribution in [0.3, 0.4) is 0 Å². The number of hydrogen-bond donors (Lipinski definition) is 6. The van der Waals surface area contributed by atoms with Crippen LogP contribution in [0.25, 0.3) is 0 Å². The van der Waals surface area contributed by atoms with E-state index in [0.717, 1.165) is 0 Å². The summed E-state index contributed by atoms with van der Waals surface area (Å²) in [5.41, 5.74) is 0.515. The highest BCUT2D eigenvalue weighted by molar-refractivity contribution is 5.48. The third-order valence-corrected chi connectivity index (χ3v) is 3.46. The van der Waals surface area contributed by atoms with Gasteiger partial charge in [-0.25, -0.2) is 0 Å². The predicted octanol–water partition coefficient (Wildman–Crippen LogP) is -1.08. The van der Waals surface area contributed by atoms with Gasteiger partial charge in [-0.1, -0.05) is 0 Å². The van der Waals surface area contributed by atoms with Crippen molar-refractivity contribution >= 4 is 0 Å². The first-order chi connectivity index (χ1) is 9.36. The average Bonchev–Trinajstić information content (AvgIpc) is 2.37. The highest BCUT2D eigenvalue weighted by atomic mass is 16.5. The van der Waals surface area contributed by atoms with Gasteiger partial charge in [-0.05, 0) is 24.6 Å². The van der Waals surface area contributed by atoms with Crippen molar-refractivity contribution in [2.75, 3.05) is 6.61 Å². The normalized spacial score (nSPS) is 34.1. The number of hydrogen-bond acceptors (Lipinski definition) is 7. The average molecular weight is 286 g/mol. The molecular formula is C13H18O7. The lowest BCUT2D eigenvalue weighted by molar-refractivity contribution is -0.232. The van der Waals surface area contributed by atoms with Crippen molar-refractivity contribution in [2.24, 2.45) is 0 Å². The minimum absolute atomic E-state index is 0.0903. The SMILES string of the molecule is Cc1cc(O)c(C2OC(CO)C(O)C(O)C2O)c(O)c1. The van der Waals surface area contributed by atoms with E-state index in [2.05, 4.69) is 0 Å². The summed E-state index contributed by atoms with van der Waals surface area (Å²) in [7, 11) is 0. The lowest BCUT2D eigenvalue weighted by Gasteiger charge is -2.40. The van der Waals surface area contributed by atoms with Gasteiger partial charge in [0.1, 0.15) is 42.0 Å². The van der Waals surface area contributed by atoms with Crippen molar-refractivity contribution < 1.29 is 35.4 Å². The Bertz CT molecular complexity index is 465. The fourth-order valence-corrected chi connectivity index (χ4v) is 2.39. The fourth-order valence-electron chi connectivity index (χ4n) is 2.39. The summed E-state index contributed by atoms with van der Waals surface area (Å²) in [5, 5.41) is 58.3. The molecule has 1 fully saturated rings. The summed E-state index contributed by atoms with van der Waals surface area (Å²) in [6.45, 7) is 1.09. The van der Waals surface area contributed by atoms with Gasteiger partial charge in [0.05, 0.1) is 12.2 Å². The van der Waals surface area contributed by atoms with Crippen molar-refractivity contribution in [3.63, 3.8) is 0 Å². The number of ether oxygens (including phenoxy) is 1. The molecule has 1 saturated heterocycles. The molecular weight excluding hydrogens is 268 g/mol. The van der Waals surface area contributed by atoms with Crippen LogP contribution in [-0.2, 0) is 4.74 Å². The van der Waals surface area contributed by atoms with E-state index >= 15 is 0 Å². The molecule has 0 aromatic heterocycles. The monoisotopic (exact) mass is 286 g/mol. The third kappa shape index (κ3) is 2.46. The van der Waals surface area contributed by atoms with Crippen LogP contribution in [0.2, 0.25) is 0 Å². The second-order valence-electron chi connectivity index (χ2n) is 4.97. The molecule has 6 N–H and O–H groups in total. The number of phenolic OH excluding ortho intramolecular Hbond substituents is 2. The first-order valence-corrected chi connectivity index (χ1v) is 6.19. The second-order valence-corrected chi connectivity index (χ2v) is 4.97.